The van der Waals surface area contributed by atoms with E-state index < -0.39 is 0 Å². The van der Waals surface area contributed by atoms with E-state index in [1.54, 1.807) is 14.2 Å². The van der Waals surface area contributed by atoms with E-state index in [0.29, 0.717) is 16.9 Å². The van der Waals surface area contributed by atoms with Crippen molar-refractivity contribution in [1.82, 2.24) is 19.4 Å². The minimum Gasteiger partial charge on any atom is -0.493 e. The maximum Gasteiger partial charge on any atom is 0.161 e. The van der Waals surface area contributed by atoms with Crippen LogP contribution in [0.15, 0.2) is 48.5 Å². The molecule has 2 saturated heterocycles. The number of aryl methyl sites for hydroxylation is 2. The summed E-state index contributed by atoms with van der Waals surface area (Å²) in [6, 6.07) is 18.0. The summed E-state index contributed by atoms with van der Waals surface area (Å²) >= 11 is 0. The highest BCUT2D eigenvalue weighted by molar-refractivity contribution is 5.86. The average Bonchev–Trinajstić information content (AvgIpc) is 3.28. The van der Waals surface area contributed by atoms with E-state index in [9.17, 15) is 0 Å². The second-order valence-electron chi connectivity index (χ2n) is 12.0. The van der Waals surface area contributed by atoms with Crippen molar-refractivity contribution in [3.8, 4) is 34.1 Å². The first-order valence-corrected chi connectivity index (χ1v) is 14.6. The molecule has 7 nitrogen and oxygen atoms in total. The van der Waals surface area contributed by atoms with Gasteiger partial charge in [0.05, 0.1) is 31.1 Å². The summed E-state index contributed by atoms with van der Waals surface area (Å²) in [4.78, 5) is 15.2. The van der Waals surface area contributed by atoms with Gasteiger partial charge in [0.15, 0.2) is 11.5 Å². The third-order valence-corrected chi connectivity index (χ3v) is 9.71. The molecule has 40 heavy (non-hydrogen) atoms. The van der Waals surface area contributed by atoms with Crippen LogP contribution >= 0.6 is 0 Å². The predicted octanol–water partition coefficient (Wildman–Crippen LogP) is 6.08. The van der Waals surface area contributed by atoms with Gasteiger partial charge in [0.1, 0.15) is 11.3 Å². The van der Waals surface area contributed by atoms with Crippen LogP contribution in [0.2, 0.25) is 0 Å². The number of fused-ring (bicyclic) bond motifs is 1. The van der Waals surface area contributed by atoms with Crippen molar-refractivity contribution in [2.45, 2.75) is 45.1 Å². The normalized spacial score (nSPS) is 19.1. The SMILES string of the molecule is COc1ccc(-c2nc3c(C)nc(-c4ccc(N5CCC6(CC5)CN(C5CCC5)C6)cc4)cc3n2C)cc1OC. The summed E-state index contributed by atoms with van der Waals surface area (Å²) in [5.74, 6) is 2.27. The summed E-state index contributed by atoms with van der Waals surface area (Å²) in [5.41, 5.74) is 7.90. The zero-order chi connectivity index (χ0) is 27.4. The molecular formula is C33H39N5O2. The number of ether oxygens (including phenoxy) is 2. The first kappa shape index (κ1) is 25.4. The molecule has 0 bridgehead atoms. The van der Waals surface area contributed by atoms with Crippen molar-refractivity contribution in [1.29, 1.82) is 0 Å². The van der Waals surface area contributed by atoms with Crippen LogP contribution < -0.4 is 14.4 Å². The van der Waals surface area contributed by atoms with E-state index in [0.717, 1.165) is 58.5 Å². The van der Waals surface area contributed by atoms with Crippen molar-refractivity contribution in [3.05, 3.63) is 54.2 Å². The van der Waals surface area contributed by atoms with E-state index in [-0.39, 0.29) is 0 Å². The number of hydrogen-bond donors (Lipinski definition) is 0. The molecule has 0 unspecified atom stereocenters. The van der Waals surface area contributed by atoms with Crippen molar-refractivity contribution in [2.75, 3.05) is 45.3 Å². The smallest absolute Gasteiger partial charge is 0.161 e. The summed E-state index contributed by atoms with van der Waals surface area (Å²) < 4.78 is 13.1. The second kappa shape index (κ2) is 9.81. The monoisotopic (exact) mass is 537 g/mol. The Morgan fingerprint density at radius 3 is 2.20 bits per heavy atom. The molecule has 0 atom stereocenters. The summed E-state index contributed by atoms with van der Waals surface area (Å²) in [6.45, 7) is 7.03. The summed E-state index contributed by atoms with van der Waals surface area (Å²) in [6.07, 6.45) is 6.92. The fourth-order valence-corrected chi connectivity index (χ4v) is 6.94. The van der Waals surface area contributed by atoms with Gasteiger partial charge in [-0.3, -0.25) is 9.88 Å². The molecule has 3 fully saturated rings. The Hall–Kier alpha value is -3.58. The number of pyridine rings is 1. The number of benzene rings is 2. The number of aromatic nitrogens is 3. The van der Waals surface area contributed by atoms with Crippen LogP contribution in [0.4, 0.5) is 5.69 Å². The Balaban J connectivity index is 1.09. The molecule has 4 heterocycles. The first-order valence-electron chi connectivity index (χ1n) is 14.6. The third-order valence-electron chi connectivity index (χ3n) is 9.71. The predicted molar refractivity (Wildman–Crippen MR) is 160 cm³/mol. The average molecular weight is 538 g/mol. The fraction of sp³-hybridized carbons (Fsp3) is 0.455. The van der Waals surface area contributed by atoms with Crippen LogP contribution in [0.3, 0.4) is 0 Å². The first-order chi connectivity index (χ1) is 19.5. The van der Waals surface area contributed by atoms with Crippen LogP contribution in [0.1, 0.15) is 37.8 Å². The minimum atomic E-state index is 0.585. The Kier molecular flexibility index (Phi) is 6.22. The molecule has 2 aromatic carbocycles. The van der Waals surface area contributed by atoms with E-state index in [4.69, 9.17) is 19.4 Å². The van der Waals surface area contributed by atoms with Crippen LogP contribution in [0.25, 0.3) is 33.7 Å². The molecule has 7 rings (SSSR count). The van der Waals surface area contributed by atoms with Crippen LogP contribution in [0, 0.1) is 12.3 Å². The van der Waals surface area contributed by atoms with Gasteiger partial charge in [-0.15, -0.1) is 0 Å². The number of anilines is 1. The third kappa shape index (κ3) is 4.22. The second-order valence-corrected chi connectivity index (χ2v) is 12.0. The number of likely N-dealkylation sites (tertiary alicyclic amines) is 1. The van der Waals surface area contributed by atoms with Gasteiger partial charge in [-0.1, -0.05) is 18.6 Å². The van der Waals surface area contributed by atoms with Crippen molar-refractivity contribution < 1.29 is 9.47 Å². The topological polar surface area (TPSA) is 55.7 Å². The van der Waals surface area contributed by atoms with Gasteiger partial charge in [0, 0.05) is 56.1 Å². The van der Waals surface area contributed by atoms with Gasteiger partial charge in [-0.05, 0) is 74.4 Å². The van der Waals surface area contributed by atoms with Gasteiger partial charge in [0.25, 0.3) is 0 Å². The largest absolute Gasteiger partial charge is 0.493 e. The lowest BCUT2D eigenvalue weighted by molar-refractivity contribution is -0.0664. The lowest BCUT2D eigenvalue weighted by atomic mass is 9.70. The molecule has 3 aliphatic rings. The Bertz CT molecular complexity index is 1540. The lowest BCUT2D eigenvalue weighted by Gasteiger charge is -2.58. The highest BCUT2D eigenvalue weighted by Crippen LogP contribution is 2.45. The number of hydrogen-bond acceptors (Lipinski definition) is 6. The van der Waals surface area contributed by atoms with E-state index >= 15 is 0 Å². The number of rotatable bonds is 6. The number of piperidine rings is 1. The van der Waals surface area contributed by atoms with Gasteiger partial charge >= 0.3 is 0 Å². The van der Waals surface area contributed by atoms with Crippen molar-refractivity contribution >= 4 is 16.7 Å². The Morgan fingerprint density at radius 2 is 1.55 bits per heavy atom. The van der Waals surface area contributed by atoms with Crippen LogP contribution in [0.5, 0.6) is 11.5 Å². The van der Waals surface area contributed by atoms with Crippen LogP contribution in [-0.4, -0.2) is 65.9 Å². The molecule has 1 aliphatic carbocycles. The van der Waals surface area contributed by atoms with Gasteiger partial charge in [-0.2, -0.15) is 0 Å². The maximum atomic E-state index is 5.52. The molecule has 4 aromatic rings. The molecule has 1 saturated carbocycles. The number of methoxy groups -OCH3 is 2. The highest BCUT2D eigenvalue weighted by atomic mass is 16.5. The van der Waals surface area contributed by atoms with E-state index in [1.165, 1.54) is 50.9 Å². The molecule has 7 heteroatoms. The van der Waals surface area contributed by atoms with E-state index in [2.05, 4.69) is 51.7 Å². The standard InChI is InChI=1S/C33H39N5O2/c1-22-31-28(36(2)32(35-31)24-10-13-29(39-3)30(18-24)40-4)19-27(34-22)23-8-11-26(12-9-23)37-16-14-33(15-17-37)20-38(21-33)25-6-5-7-25/h8-13,18-19,25H,5-7,14-17,20-21H2,1-4H3. The highest BCUT2D eigenvalue weighted by Gasteiger charge is 2.47. The maximum absolute atomic E-state index is 5.52. The molecule has 2 aliphatic heterocycles. The summed E-state index contributed by atoms with van der Waals surface area (Å²) in [7, 11) is 5.36. The lowest BCUT2D eigenvalue weighted by Crippen LogP contribution is -2.64. The fourth-order valence-electron chi connectivity index (χ4n) is 6.94. The van der Waals surface area contributed by atoms with Crippen LogP contribution in [-0.2, 0) is 7.05 Å². The Labute approximate surface area is 236 Å². The molecule has 2 aromatic heterocycles. The van der Waals surface area contributed by atoms with Crippen molar-refractivity contribution in [2.24, 2.45) is 12.5 Å². The summed E-state index contributed by atoms with van der Waals surface area (Å²) in [5, 5.41) is 0. The minimum absolute atomic E-state index is 0.585. The zero-order valence-electron chi connectivity index (χ0n) is 24.1. The molecule has 0 amide bonds. The molecular weight excluding hydrogens is 498 g/mol. The van der Waals surface area contributed by atoms with E-state index in [1.807, 2.05) is 25.1 Å². The van der Waals surface area contributed by atoms with Gasteiger partial charge in [-0.25, -0.2) is 4.98 Å². The van der Waals surface area contributed by atoms with Gasteiger partial charge < -0.3 is 18.9 Å². The Morgan fingerprint density at radius 1 is 0.850 bits per heavy atom. The number of imidazole rings is 1. The quantitative estimate of drug-likeness (QED) is 0.297. The molecule has 208 valence electrons. The van der Waals surface area contributed by atoms with Crippen molar-refractivity contribution in [3.63, 3.8) is 0 Å². The number of nitrogens with zero attached hydrogens (tertiary/aromatic N) is 5. The van der Waals surface area contributed by atoms with Gasteiger partial charge in [0.2, 0.25) is 0 Å². The molecule has 1 spiro atoms. The molecule has 0 radical (unpaired) electrons. The zero-order valence-corrected chi connectivity index (χ0v) is 24.1. The molecule has 0 N–H and O–H groups in total.